The van der Waals surface area contributed by atoms with Gasteiger partial charge >= 0.3 is 6.18 Å². The summed E-state index contributed by atoms with van der Waals surface area (Å²) < 4.78 is 38.7. The summed E-state index contributed by atoms with van der Waals surface area (Å²) in [4.78, 5) is 3.80. The van der Waals surface area contributed by atoms with Gasteiger partial charge in [0.1, 0.15) is 5.82 Å². The predicted octanol–water partition coefficient (Wildman–Crippen LogP) is 2.64. The molecule has 0 aromatic carbocycles. The third-order valence-electron chi connectivity index (χ3n) is 2.56. The maximum atomic E-state index is 12.8. The van der Waals surface area contributed by atoms with Gasteiger partial charge in [-0.1, -0.05) is 0 Å². The summed E-state index contributed by atoms with van der Waals surface area (Å²) in [7, 11) is 0. The summed E-state index contributed by atoms with van der Waals surface area (Å²) in [6.07, 6.45) is -2.24. The Kier molecular flexibility index (Phi) is 3.58. The summed E-state index contributed by atoms with van der Waals surface area (Å²) in [5.41, 5.74) is -0.737. The third kappa shape index (κ3) is 3.10. The van der Waals surface area contributed by atoms with Crippen LogP contribution in [0.1, 0.15) is 12.0 Å². The average molecular weight is 310 g/mol. The molecule has 0 radical (unpaired) electrons. The number of alkyl halides is 3. The molecule has 1 fully saturated rings. The molecular formula is C10H11BrF3N3. The van der Waals surface area contributed by atoms with Crippen molar-refractivity contribution in [1.29, 1.82) is 0 Å². The maximum absolute atomic E-state index is 12.8. The highest BCUT2D eigenvalue weighted by molar-refractivity contribution is 9.10. The molecular weight excluding hydrogens is 299 g/mol. The van der Waals surface area contributed by atoms with Gasteiger partial charge in [0.2, 0.25) is 0 Å². The SMILES string of the molecule is FC(F)(F)c1cc(Br)cnc1NC1CCNC1. The summed E-state index contributed by atoms with van der Waals surface area (Å²) in [5.74, 6) is -0.102. The molecule has 0 saturated carbocycles. The molecule has 1 saturated heterocycles. The topological polar surface area (TPSA) is 37.0 Å². The number of anilines is 1. The Hall–Kier alpha value is -0.820. The summed E-state index contributed by atoms with van der Waals surface area (Å²) in [5, 5.41) is 5.91. The van der Waals surface area contributed by atoms with E-state index in [0.29, 0.717) is 11.0 Å². The number of rotatable bonds is 2. The monoisotopic (exact) mass is 309 g/mol. The van der Waals surface area contributed by atoms with Crippen LogP contribution in [0, 0.1) is 0 Å². The van der Waals surface area contributed by atoms with Crippen LogP contribution < -0.4 is 10.6 Å². The highest BCUT2D eigenvalue weighted by Gasteiger charge is 2.35. The van der Waals surface area contributed by atoms with Crippen molar-refractivity contribution in [1.82, 2.24) is 10.3 Å². The minimum atomic E-state index is -4.40. The molecule has 1 aliphatic rings. The van der Waals surface area contributed by atoms with Gasteiger partial charge in [0.05, 0.1) is 5.56 Å². The van der Waals surface area contributed by atoms with Crippen LogP contribution in [0.3, 0.4) is 0 Å². The first kappa shape index (κ1) is 12.6. The van der Waals surface area contributed by atoms with Gasteiger partial charge in [-0.05, 0) is 35.0 Å². The maximum Gasteiger partial charge on any atom is 0.419 e. The highest BCUT2D eigenvalue weighted by atomic mass is 79.9. The number of hydrogen-bond donors (Lipinski definition) is 2. The molecule has 2 rings (SSSR count). The molecule has 1 aliphatic heterocycles. The Morgan fingerprint density at radius 3 is 2.82 bits per heavy atom. The molecule has 94 valence electrons. The van der Waals surface area contributed by atoms with Crippen LogP contribution in [0.4, 0.5) is 19.0 Å². The second kappa shape index (κ2) is 4.81. The van der Waals surface area contributed by atoms with E-state index in [9.17, 15) is 13.2 Å². The zero-order valence-electron chi connectivity index (χ0n) is 8.81. The molecule has 1 aromatic rings. The van der Waals surface area contributed by atoms with Crippen molar-refractivity contribution in [3.63, 3.8) is 0 Å². The lowest BCUT2D eigenvalue weighted by molar-refractivity contribution is -0.137. The number of halogens is 4. The minimum absolute atomic E-state index is 0.00442. The van der Waals surface area contributed by atoms with E-state index in [-0.39, 0.29) is 11.9 Å². The second-order valence-electron chi connectivity index (χ2n) is 3.88. The molecule has 3 nitrogen and oxygen atoms in total. The van der Waals surface area contributed by atoms with Gasteiger partial charge in [-0.3, -0.25) is 0 Å². The van der Waals surface area contributed by atoms with Gasteiger partial charge in [0.25, 0.3) is 0 Å². The minimum Gasteiger partial charge on any atom is -0.366 e. The smallest absolute Gasteiger partial charge is 0.366 e. The fourth-order valence-corrected chi connectivity index (χ4v) is 2.07. The van der Waals surface area contributed by atoms with Crippen molar-refractivity contribution in [2.24, 2.45) is 0 Å². The normalized spacial score (nSPS) is 20.6. The number of aromatic nitrogens is 1. The molecule has 1 aromatic heterocycles. The largest absolute Gasteiger partial charge is 0.419 e. The lowest BCUT2D eigenvalue weighted by Crippen LogP contribution is -2.24. The summed E-state index contributed by atoms with van der Waals surface area (Å²) in [6, 6.07) is 1.04. The van der Waals surface area contributed by atoms with E-state index in [0.717, 1.165) is 19.0 Å². The van der Waals surface area contributed by atoms with Gasteiger partial charge in [0, 0.05) is 23.3 Å². The highest BCUT2D eigenvalue weighted by Crippen LogP contribution is 2.35. The second-order valence-corrected chi connectivity index (χ2v) is 4.80. The van der Waals surface area contributed by atoms with Crippen LogP contribution in [-0.2, 0) is 6.18 Å². The molecule has 17 heavy (non-hydrogen) atoms. The summed E-state index contributed by atoms with van der Waals surface area (Å²) >= 11 is 3.00. The quantitative estimate of drug-likeness (QED) is 0.882. The zero-order valence-corrected chi connectivity index (χ0v) is 10.4. The first-order valence-corrected chi connectivity index (χ1v) is 5.96. The Morgan fingerprint density at radius 2 is 2.24 bits per heavy atom. The van der Waals surface area contributed by atoms with Gasteiger partial charge in [-0.15, -0.1) is 0 Å². The lowest BCUT2D eigenvalue weighted by Gasteiger charge is -2.17. The van der Waals surface area contributed by atoms with E-state index in [2.05, 4.69) is 31.5 Å². The van der Waals surface area contributed by atoms with Crippen LogP contribution >= 0.6 is 15.9 Å². The van der Waals surface area contributed by atoms with Crippen molar-refractivity contribution in [2.75, 3.05) is 18.4 Å². The van der Waals surface area contributed by atoms with E-state index < -0.39 is 11.7 Å². The Morgan fingerprint density at radius 1 is 1.47 bits per heavy atom. The van der Waals surface area contributed by atoms with Crippen LogP contribution in [-0.4, -0.2) is 24.1 Å². The van der Waals surface area contributed by atoms with E-state index in [4.69, 9.17) is 0 Å². The van der Waals surface area contributed by atoms with Crippen molar-refractivity contribution in [3.8, 4) is 0 Å². The third-order valence-corrected chi connectivity index (χ3v) is 2.99. The molecule has 7 heteroatoms. The number of nitrogens with one attached hydrogen (secondary N) is 2. The van der Waals surface area contributed by atoms with Crippen LogP contribution in [0.25, 0.3) is 0 Å². The van der Waals surface area contributed by atoms with Gasteiger partial charge in [-0.2, -0.15) is 13.2 Å². The number of hydrogen-bond acceptors (Lipinski definition) is 3. The molecule has 1 unspecified atom stereocenters. The zero-order chi connectivity index (χ0) is 12.5. The van der Waals surface area contributed by atoms with Crippen molar-refractivity contribution in [3.05, 3.63) is 22.3 Å². The van der Waals surface area contributed by atoms with Crippen molar-refractivity contribution in [2.45, 2.75) is 18.6 Å². The van der Waals surface area contributed by atoms with E-state index in [1.807, 2.05) is 0 Å². The Labute approximate surface area is 105 Å². The standard InChI is InChI=1S/C10H11BrF3N3/c11-6-3-8(10(12,13)14)9(16-4-6)17-7-1-2-15-5-7/h3-4,7,15H,1-2,5H2,(H,16,17). The van der Waals surface area contributed by atoms with E-state index in [1.54, 1.807) is 0 Å². The fraction of sp³-hybridized carbons (Fsp3) is 0.500. The van der Waals surface area contributed by atoms with E-state index in [1.165, 1.54) is 6.20 Å². The first-order valence-electron chi connectivity index (χ1n) is 5.17. The lowest BCUT2D eigenvalue weighted by atomic mass is 10.2. The van der Waals surface area contributed by atoms with Gasteiger partial charge in [0.15, 0.2) is 0 Å². The Balaban J connectivity index is 2.25. The van der Waals surface area contributed by atoms with Crippen molar-refractivity contribution < 1.29 is 13.2 Å². The molecule has 0 amide bonds. The van der Waals surface area contributed by atoms with Crippen LogP contribution in [0.2, 0.25) is 0 Å². The molecule has 0 aliphatic carbocycles. The fourth-order valence-electron chi connectivity index (χ4n) is 1.74. The molecule has 1 atom stereocenters. The Bertz CT molecular complexity index is 402. The molecule has 2 N–H and O–H groups in total. The van der Waals surface area contributed by atoms with Crippen LogP contribution in [0.5, 0.6) is 0 Å². The van der Waals surface area contributed by atoms with Gasteiger partial charge in [-0.25, -0.2) is 4.98 Å². The van der Waals surface area contributed by atoms with E-state index >= 15 is 0 Å². The summed E-state index contributed by atoms with van der Waals surface area (Å²) in [6.45, 7) is 1.48. The number of pyridine rings is 1. The molecule has 0 spiro atoms. The van der Waals surface area contributed by atoms with Gasteiger partial charge < -0.3 is 10.6 Å². The average Bonchev–Trinajstić information content (AvgIpc) is 2.72. The molecule has 2 heterocycles. The predicted molar refractivity (Wildman–Crippen MR) is 61.8 cm³/mol. The number of nitrogens with zero attached hydrogens (tertiary/aromatic N) is 1. The van der Waals surface area contributed by atoms with Crippen LogP contribution in [0.15, 0.2) is 16.7 Å². The first-order chi connectivity index (χ1) is 7.97. The van der Waals surface area contributed by atoms with Crippen molar-refractivity contribution >= 4 is 21.7 Å². The molecule has 0 bridgehead atoms.